The number of hydrogen-bond donors (Lipinski definition) is 2. The van der Waals surface area contributed by atoms with Gasteiger partial charge < -0.3 is 10.6 Å². The molecule has 1 heterocycles. The Morgan fingerprint density at radius 1 is 0.929 bits per heavy atom. The quantitative estimate of drug-likeness (QED) is 0.562. The standard InChI is InChI=1S/C20H14Cl2FN3O2/c1-11-15(7-9-18(22)24-11)20(28)25-14-6-8-16(21)17(10-14)26-19(27)12-2-4-13(23)5-3-12/h2-10H,1H3,(H,25,28)(H,26,27). The third-order valence-corrected chi connectivity index (χ3v) is 4.42. The number of aryl methyl sites for hydroxylation is 1. The van der Waals surface area contributed by atoms with Crippen molar-refractivity contribution in [1.82, 2.24) is 4.98 Å². The van der Waals surface area contributed by atoms with E-state index in [0.29, 0.717) is 27.8 Å². The number of rotatable bonds is 4. The first-order chi connectivity index (χ1) is 13.3. The smallest absolute Gasteiger partial charge is 0.257 e. The molecule has 8 heteroatoms. The van der Waals surface area contributed by atoms with E-state index in [2.05, 4.69) is 15.6 Å². The second kappa shape index (κ2) is 8.37. The van der Waals surface area contributed by atoms with Gasteiger partial charge in [0.1, 0.15) is 11.0 Å². The van der Waals surface area contributed by atoms with Gasteiger partial charge in [0.2, 0.25) is 0 Å². The molecule has 3 aromatic rings. The van der Waals surface area contributed by atoms with E-state index in [9.17, 15) is 14.0 Å². The van der Waals surface area contributed by atoms with E-state index in [1.54, 1.807) is 25.1 Å². The summed E-state index contributed by atoms with van der Waals surface area (Å²) in [7, 11) is 0. The minimum atomic E-state index is -0.455. The summed E-state index contributed by atoms with van der Waals surface area (Å²) in [5.41, 5.74) is 1.87. The van der Waals surface area contributed by atoms with E-state index < -0.39 is 11.7 Å². The van der Waals surface area contributed by atoms with Crippen molar-refractivity contribution in [3.8, 4) is 0 Å². The van der Waals surface area contributed by atoms with Crippen LogP contribution in [0.25, 0.3) is 0 Å². The van der Waals surface area contributed by atoms with Crippen LogP contribution >= 0.6 is 23.2 Å². The van der Waals surface area contributed by atoms with Crippen molar-refractivity contribution in [2.24, 2.45) is 0 Å². The molecule has 2 N–H and O–H groups in total. The van der Waals surface area contributed by atoms with Crippen molar-refractivity contribution in [2.45, 2.75) is 6.92 Å². The lowest BCUT2D eigenvalue weighted by Gasteiger charge is -2.11. The van der Waals surface area contributed by atoms with Crippen molar-refractivity contribution >= 4 is 46.4 Å². The fraction of sp³-hybridized carbons (Fsp3) is 0.0500. The molecule has 0 unspecified atom stereocenters. The molecule has 0 saturated carbocycles. The van der Waals surface area contributed by atoms with E-state index in [-0.39, 0.29) is 16.5 Å². The number of halogens is 3. The number of aromatic nitrogens is 1. The third-order valence-electron chi connectivity index (χ3n) is 3.88. The Balaban J connectivity index is 1.78. The van der Waals surface area contributed by atoms with Gasteiger partial charge in [0.15, 0.2) is 0 Å². The van der Waals surface area contributed by atoms with Crippen molar-refractivity contribution in [3.63, 3.8) is 0 Å². The maximum atomic E-state index is 13.0. The molecule has 0 aliphatic carbocycles. The third kappa shape index (κ3) is 4.65. The van der Waals surface area contributed by atoms with Gasteiger partial charge in [-0.25, -0.2) is 9.37 Å². The van der Waals surface area contributed by atoms with Crippen LogP contribution in [0.3, 0.4) is 0 Å². The van der Waals surface area contributed by atoms with E-state index in [0.717, 1.165) is 0 Å². The van der Waals surface area contributed by atoms with Crippen LogP contribution in [0.4, 0.5) is 15.8 Å². The first-order valence-corrected chi connectivity index (χ1v) is 8.90. The predicted molar refractivity (Wildman–Crippen MR) is 108 cm³/mol. The number of pyridine rings is 1. The van der Waals surface area contributed by atoms with Crippen LogP contribution < -0.4 is 10.6 Å². The molecule has 2 amide bonds. The molecular formula is C20H14Cl2FN3O2. The lowest BCUT2D eigenvalue weighted by atomic mass is 10.1. The lowest BCUT2D eigenvalue weighted by molar-refractivity contribution is 0.101. The normalized spacial score (nSPS) is 10.4. The number of anilines is 2. The van der Waals surface area contributed by atoms with Crippen LogP contribution in [0.1, 0.15) is 26.4 Å². The Kier molecular flexibility index (Phi) is 5.92. The molecule has 0 bridgehead atoms. The minimum absolute atomic E-state index is 0.273. The molecule has 0 radical (unpaired) electrons. The van der Waals surface area contributed by atoms with Gasteiger partial charge in [-0.05, 0) is 61.5 Å². The van der Waals surface area contributed by atoms with E-state index in [1.165, 1.54) is 36.4 Å². The zero-order chi connectivity index (χ0) is 20.3. The van der Waals surface area contributed by atoms with Crippen molar-refractivity contribution < 1.29 is 14.0 Å². The Hall–Kier alpha value is -2.96. The summed E-state index contributed by atoms with van der Waals surface area (Å²) in [5.74, 6) is -1.27. The number of nitrogens with zero attached hydrogens (tertiary/aromatic N) is 1. The maximum Gasteiger partial charge on any atom is 0.257 e. The molecule has 3 rings (SSSR count). The first kappa shape index (κ1) is 19.8. The van der Waals surface area contributed by atoms with Gasteiger partial charge in [0, 0.05) is 11.3 Å². The summed E-state index contributed by atoms with van der Waals surface area (Å²) in [4.78, 5) is 28.8. The molecule has 0 aliphatic rings. The molecular weight excluding hydrogens is 404 g/mol. The molecule has 0 aliphatic heterocycles. The Bertz CT molecular complexity index is 1060. The lowest BCUT2D eigenvalue weighted by Crippen LogP contribution is -2.15. The molecule has 2 aromatic carbocycles. The fourth-order valence-electron chi connectivity index (χ4n) is 2.46. The highest BCUT2D eigenvalue weighted by Gasteiger charge is 2.13. The number of carbonyl (C=O) groups excluding carboxylic acids is 2. The van der Waals surface area contributed by atoms with Crippen LogP contribution in [0, 0.1) is 12.7 Å². The van der Waals surface area contributed by atoms with Gasteiger partial charge in [-0.15, -0.1) is 0 Å². The summed E-state index contributed by atoms with van der Waals surface area (Å²) in [6.45, 7) is 1.68. The number of benzene rings is 2. The molecule has 0 atom stereocenters. The number of carbonyl (C=O) groups is 2. The van der Waals surface area contributed by atoms with Crippen LogP contribution in [0.2, 0.25) is 10.2 Å². The summed E-state index contributed by atoms with van der Waals surface area (Å²) in [6.07, 6.45) is 0. The van der Waals surface area contributed by atoms with Gasteiger partial charge in [-0.3, -0.25) is 9.59 Å². The van der Waals surface area contributed by atoms with Crippen molar-refractivity contribution in [1.29, 1.82) is 0 Å². The molecule has 0 saturated heterocycles. The second-order valence-electron chi connectivity index (χ2n) is 5.88. The molecule has 28 heavy (non-hydrogen) atoms. The average Bonchev–Trinajstić information content (AvgIpc) is 2.64. The Morgan fingerprint density at radius 3 is 2.32 bits per heavy atom. The van der Waals surface area contributed by atoms with Gasteiger partial charge in [0.05, 0.1) is 22.0 Å². The number of nitrogens with one attached hydrogen (secondary N) is 2. The highest BCUT2D eigenvalue weighted by molar-refractivity contribution is 6.34. The van der Waals surface area contributed by atoms with Gasteiger partial charge in [0.25, 0.3) is 11.8 Å². The summed E-state index contributed by atoms with van der Waals surface area (Å²) in [6, 6.07) is 12.9. The molecule has 1 aromatic heterocycles. The van der Waals surface area contributed by atoms with Crippen molar-refractivity contribution in [3.05, 3.63) is 87.4 Å². The highest BCUT2D eigenvalue weighted by atomic mass is 35.5. The number of hydrogen-bond acceptors (Lipinski definition) is 3. The van der Waals surface area contributed by atoms with Crippen LogP contribution in [-0.4, -0.2) is 16.8 Å². The zero-order valence-corrected chi connectivity index (χ0v) is 16.1. The summed E-state index contributed by atoms with van der Waals surface area (Å²) < 4.78 is 13.0. The molecule has 0 spiro atoms. The van der Waals surface area contributed by atoms with Crippen LogP contribution in [-0.2, 0) is 0 Å². The van der Waals surface area contributed by atoms with E-state index in [4.69, 9.17) is 23.2 Å². The monoisotopic (exact) mass is 417 g/mol. The van der Waals surface area contributed by atoms with Gasteiger partial charge in [-0.1, -0.05) is 23.2 Å². The van der Waals surface area contributed by atoms with Crippen LogP contribution in [0.5, 0.6) is 0 Å². The van der Waals surface area contributed by atoms with E-state index >= 15 is 0 Å². The minimum Gasteiger partial charge on any atom is -0.322 e. The zero-order valence-electron chi connectivity index (χ0n) is 14.6. The average molecular weight is 418 g/mol. The molecule has 142 valence electrons. The maximum absolute atomic E-state index is 13.0. The Morgan fingerprint density at radius 2 is 1.64 bits per heavy atom. The largest absolute Gasteiger partial charge is 0.322 e. The summed E-state index contributed by atoms with van der Waals surface area (Å²) in [5, 5.41) is 5.96. The topological polar surface area (TPSA) is 71.1 Å². The SMILES string of the molecule is Cc1nc(Cl)ccc1C(=O)Nc1ccc(Cl)c(NC(=O)c2ccc(F)cc2)c1. The molecule has 5 nitrogen and oxygen atoms in total. The van der Waals surface area contributed by atoms with Gasteiger partial charge >= 0.3 is 0 Å². The second-order valence-corrected chi connectivity index (χ2v) is 6.67. The predicted octanol–water partition coefficient (Wildman–Crippen LogP) is 5.34. The molecule has 0 fully saturated rings. The first-order valence-electron chi connectivity index (χ1n) is 8.14. The summed E-state index contributed by atoms with van der Waals surface area (Å²) >= 11 is 11.9. The van der Waals surface area contributed by atoms with E-state index in [1.807, 2.05) is 0 Å². The number of amides is 2. The highest BCUT2D eigenvalue weighted by Crippen LogP contribution is 2.26. The van der Waals surface area contributed by atoms with Gasteiger partial charge in [-0.2, -0.15) is 0 Å². The van der Waals surface area contributed by atoms with Crippen LogP contribution in [0.15, 0.2) is 54.6 Å². The van der Waals surface area contributed by atoms with Crippen molar-refractivity contribution in [2.75, 3.05) is 10.6 Å². The fourth-order valence-corrected chi connectivity index (χ4v) is 2.82. The Labute approximate surface area is 170 Å².